The summed E-state index contributed by atoms with van der Waals surface area (Å²) in [4.78, 5) is 2.79. The Hall–Kier alpha value is -2.38. The van der Waals surface area contributed by atoms with E-state index in [2.05, 4.69) is 9.93 Å². The number of thiophene rings is 1. The molecule has 0 atom stereocenters. The Kier molecular flexibility index (Phi) is 4.06. The van der Waals surface area contributed by atoms with Gasteiger partial charge in [-0.15, -0.1) is 11.3 Å². The second-order valence-corrected chi connectivity index (χ2v) is 7.72. The van der Waals surface area contributed by atoms with Crippen molar-refractivity contribution in [2.24, 2.45) is 5.10 Å². The van der Waals surface area contributed by atoms with E-state index in [1.54, 1.807) is 18.2 Å². The molecule has 5 nitrogen and oxygen atoms in total. The fourth-order valence-electron chi connectivity index (χ4n) is 2.06. The van der Waals surface area contributed by atoms with Crippen molar-refractivity contribution in [3.63, 3.8) is 0 Å². The van der Waals surface area contributed by atoms with E-state index < -0.39 is 10.0 Å². The highest BCUT2D eigenvalue weighted by atomic mass is 32.2. The first-order chi connectivity index (χ1) is 11.0. The monoisotopic (exact) mass is 346 g/mol. The molecule has 0 aliphatic heterocycles. The predicted molar refractivity (Wildman–Crippen MR) is 92.6 cm³/mol. The first kappa shape index (κ1) is 15.5. The van der Waals surface area contributed by atoms with Crippen LogP contribution in [-0.2, 0) is 10.0 Å². The number of hydrogen-bond acceptors (Lipinski definition) is 5. The van der Waals surface area contributed by atoms with Crippen LogP contribution < -0.4 is 4.83 Å². The summed E-state index contributed by atoms with van der Waals surface area (Å²) in [5.41, 5.74) is 0.975. The van der Waals surface area contributed by atoms with Gasteiger partial charge in [0, 0.05) is 10.1 Å². The van der Waals surface area contributed by atoms with Gasteiger partial charge in [0.2, 0.25) is 0 Å². The van der Waals surface area contributed by atoms with Gasteiger partial charge in [0.25, 0.3) is 10.0 Å². The number of aryl methyl sites for hydroxylation is 1. The highest BCUT2D eigenvalue weighted by Gasteiger charge is 2.13. The Morgan fingerprint density at radius 3 is 2.52 bits per heavy atom. The minimum atomic E-state index is -3.72. The van der Waals surface area contributed by atoms with Crippen LogP contribution in [0.4, 0.5) is 0 Å². The fourth-order valence-corrected chi connectivity index (χ4v) is 3.82. The average Bonchev–Trinajstić information content (AvgIpc) is 2.84. The minimum absolute atomic E-state index is 0.101. The molecule has 1 heterocycles. The summed E-state index contributed by atoms with van der Waals surface area (Å²) in [7, 11) is -3.72. The maximum Gasteiger partial charge on any atom is 0.276 e. The summed E-state index contributed by atoms with van der Waals surface area (Å²) >= 11 is 1.34. The first-order valence-electron chi connectivity index (χ1n) is 6.79. The molecule has 0 saturated carbocycles. The molecule has 0 aliphatic carbocycles. The van der Waals surface area contributed by atoms with E-state index in [1.165, 1.54) is 29.7 Å². The van der Waals surface area contributed by atoms with Crippen molar-refractivity contribution in [1.29, 1.82) is 0 Å². The SMILES string of the molecule is Cc1ccc(S(=O)(=O)NN=Cc2sc3ccccc3c2O)cc1. The van der Waals surface area contributed by atoms with E-state index in [0.29, 0.717) is 4.88 Å². The number of hydrazone groups is 1. The minimum Gasteiger partial charge on any atom is -0.506 e. The summed E-state index contributed by atoms with van der Waals surface area (Å²) in [6, 6.07) is 13.9. The summed E-state index contributed by atoms with van der Waals surface area (Å²) in [6.07, 6.45) is 1.31. The van der Waals surface area contributed by atoms with Gasteiger partial charge in [0.05, 0.1) is 16.0 Å². The smallest absolute Gasteiger partial charge is 0.276 e. The van der Waals surface area contributed by atoms with E-state index in [0.717, 1.165) is 15.6 Å². The lowest BCUT2D eigenvalue weighted by Crippen LogP contribution is -2.18. The first-order valence-corrected chi connectivity index (χ1v) is 9.09. The number of nitrogens with zero attached hydrogens (tertiary/aromatic N) is 1. The zero-order valence-corrected chi connectivity index (χ0v) is 13.9. The lowest BCUT2D eigenvalue weighted by atomic mass is 10.2. The number of nitrogens with one attached hydrogen (secondary N) is 1. The third-order valence-electron chi connectivity index (χ3n) is 3.28. The van der Waals surface area contributed by atoms with Crippen LogP contribution in [0.2, 0.25) is 0 Å². The number of aromatic hydroxyl groups is 1. The van der Waals surface area contributed by atoms with Gasteiger partial charge in [0.1, 0.15) is 5.75 Å². The highest BCUT2D eigenvalue weighted by molar-refractivity contribution is 7.89. The number of fused-ring (bicyclic) bond motifs is 1. The van der Waals surface area contributed by atoms with Gasteiger partial charge in [-0.1, -0.05) is 29.8 Å². The van der Waals surface area contributed by atoms with Crippen LogP contribution in [0.5, 0.6) is 5.75 Å². The van der Waals surface area contributed by atoms with Crippen LogP contribution >= 0.6 is 11.3 Å². The molecule has 0 bridgehead atoms. The second kappa shape index (κ2) is 6.02. The zero-order chi connectivity index (χ0) is 16.4. The zero-order valence-electron chi connectivity index (χ0n) is 12.2. The van der Waals surface area contributed by atoms with Crippen molar-refractivity contribution in [2.45, 2.75) is 11.8 Å². The van der Waals surface area contributed by atoms with Gasteiger partial charge < -0.3 is 5.11 Å². The third kappa shape index (κ3) is 3.20. The van der Waals surface area contributed by atoms with Crippen LogP contribution in [-0.4, -0.2) is 19.7 Å². The van der Waals surface area contributed by atoms with Crippen LogP contribution in [0.1, 0.15) is 10.4 Å². The number of rotatable bonds is 4. The molecule has 23 heavy (non-hydrogen) atoms. The maximum atomic E-state index is 12.1. The average molecular weight is 346 g/mol. The van der Waals surface area contributed by atoms with Crippen LogP contribution in [0.15, 0.2) is 58.5 Å². The molecule has 3 aromatic rings. The number of sulfonamides is 1. The molecule has 0 aliphatic rings. The van der Waals surface area contributed by atoms with Crippen molar-refractivity contribution in [2.75, 3.05) is 0 Å². The fraction of sp³-hybridized carbons (Fsp3) is 0.0625. The van der Waals surface area contributed by atoms with Gasteiger partial charge in [-0.25, -0.2) is 4.83 Å². The molecule has 0 radical (unpaired) electrons. The predicted octanol–water partition coefficient (Wildman–Crippen LogP) is 3.23. The molecule has 0 spiro atoms. The molecule has 7 heteroatoms. The van der Waals surface area contributed by atoms with Gasteiger partial charge in [-0.3, -0.25) is 0 Å². The molecule has 0 saturated heterocycles. The summed E-state index contributed by atoms with van der Waals surface area (Å²) < 4.78 is 25.1. The highest BCUT2D eigenvalue weighted by Crippen LogP contribution is 2.35. The molecule has 0 fully saturated rings. The summed E-state index contributed by atoms with van der Waals surface area (Å²) in [5, 5.41) is 14.6. The van der Waals surface area contributed by atoms with E-state index in [9.17, 15) is 13.5 Å². The van der Waals surface area contributed by atoms with Crippen molar-refractivity contribution in [3.05, 3.63) is 59.0 Å². The molecule has 0 amide bonds. The third-order valence-corrected chi connectivity index (χ3v) is 5.61. The van der Waals surface area contributed by atoms with E-state index in [4.69, 9.17) is 0 Å². The molecular formula is C16H14N2O3S2. The van der Waals surface area contributed by atoms with E-state index in [1.807, 2.05) is 25.1 Å². The Bertz CT molecular complexity index is 974. The van der Waals surface area contributed by atoms with Gasteiger partial charge in [-0.2, -0.15) is 13.5 Å². The lowest BCUT2D eigenvalue weighted by molar-refractivity contribution is 0.483. The molecule has 1 aromatic heterocycles. The lowest BCUT2D eigenvalue weighted by Gasteiger charge is -2.03. The Morgan fingerprint density at radius 2 is 1.83 bits per heavy atom. The van der Waals surface area contributed by atoms with Crippen molar-refractivity contribution in [1.82, 2.24) is 4.83 Å². The number of hydrogen-bond donors (Lipinski definition) is 2. The molecule has 3 rings (SSSR count). The van der Waals surface area contributed by atoms with Gasteiger partial charge in [0.15, 0.2) is 0 Å². The normalized spacial score (nSPS) is 12.0. The van der Waals surface area contributed by atoms with Gasteiger partial charge >= 0.3 is 0 Å². The Morgan fingerprint density at radius 1 is 1.13 bits per heavy atom. The van der Waals surface area contributed by atoms with Crippen LogP contribution in [0, 0.1) is 6.92 Å². The molecule has 2 aromatic carbocycles. The van der Waals surface area contributed by atoms with Crippen molar-refractivity contribution >= 4 is 37.7 Å². The standard InChI is InChI=1S/C16H14N2O3S2/c1-11-6-8-12(9-7-11)23(20,21)18-17-10-15-16(19)13-4-2-3-5-14(13)22-15/h2-10,18-19H,1H3. The van der Waals surface area contributed by atoms with E-state index in [-0.39, 0.29) is 10.6 Å². The molecule has 2 N–H and O–H groups in total. The summed E-state index contributed by atoms with van der Waals surface area (Å²) in [5.74, 6) is 0.101. The van der Waals surface area contributed by atoms with E-state index >= 15 is 0 Å². The second-order valence-electron chi connectivity index (χ2n) is 4.98. The van der Waals surface area contributed by atoms with Crippen LogP contribution in [0.25, 0.3) is 10.1 Å². The quantitative estimate of drug-likeness (QED) is 0.562. The van der Waals surface area contributed by atoms with Crippen LogP contribution in [0.3, 0.4) is 0 Å². The molecule has 0 unspecified atom stereocenters. The largest absolute Gasteiger partial charge is 0.506 e. The Labute approximate surface area is 138 Å². The Balaban J connectivity index is 1.82. The molecular weight excluding hydrogens is 332 g/mol. The van der Waals surface area contributed by atoms with Crippen molar-refractivity contribution in [3.8, 4) is 5.75 Å². The number of benzene rings is 2. The maximum absolute atomic E-state index is 12.1. The van der Waals surface area contributed by atoms with Crippen molar-refractivity contribution < 1.29 is 13.5 Å². The summed E-state index contributed by atoms with van der Waals surface area (Å²) in [6.45, 7) is 1.88. The topological polar surface area (TPSA) is 78.8 Å². The van der Waals surface area contributed by atoms with Gasteiger partial charge in [-0.05, 0) is 31.2 Å². The molecule has 118 valence electrons.